The Labute approximate surface area is 156 Å². The fraction of sp³-hybridized carbons (Fsp3) is 0.471. The van der Waals surface area contributed by atoms with Crippen molar-refractivity contribution in [3.05, 3.63) is 30.4 Å². The van der Waals surface area contributed by atoms with Crippen LogP contribution >= 0.6 is 0 Å². The van der Waals surface area contributed by atoms with Crippen LogP contribution in [0.4, 0.5) is 0 Å². The average molecular weight is 390 g/mol. The predicted octanol–water partition coefficient (Wildman–Crippen LogP) is 0.963. The molecule has 4 rings (SSSR count). The molecule has 10 heteroatoms. The quantitative estimate of drug-likeness (QED) is 0.519. The SMILES string of the molecule is CC1CC(CNS(=O)(=O)NCC=O)CC1c1cnc2cnc3[nH]ccc3n12. The number of hydrogen-bond acceptors (Lipinski definition) is 5. The molecule has 3 aromatic rings. The average Bonchev–Trinajstić information content (AvgIpc) is 3.35. The minimum atomic E-state index is -3.64. The Morgan fingerprint density at radius 3 is 2.96 bits per heavy atom. The molecule has 3 heterocycles. The maximum Gasteiger partial charge on any atom is 0.277 e. The van der Waals surface area contributed by atoms with Crippen molar-refractivity contribution in [2.75, 3.05) is 13.1 Å². The number of aromatic nitrogens is 4. The van der Waals surface area contributed by atoms with E-state index >= 15 is 0 Å². The van der Waals surface area contributed by atoms with Gasteiger partial charge in [0.05, 0.1) is 18.3 Å². The molecular weight excluding hydrogens is 368 g/mol. The largest absolute Gasteiger partial charge is 0.345 e. The number of carbonyl (C=O) groups excluding carboxylic acids is 1. The number of imidazole rings is 1. The smallest absolute Gasteiger partial charge is 0.277 e. The lowest BCUT2D eigenvalue weighted by molar-refractivity contribution is -0.106. The van der Waals surface area contributed by atoms with E-state index in [1.807, 2.05) is 18.5 Å². The first kappa shape index (κ1) is 18.1. The minimum absolute atomic E-state index is 0.221. The zero-order valence-corrected chi connectivity index (χ0v) is 15.7. The highest BCUT2D eigenvalue weighted by Gasteiger charge is 2.34. The van der Waals surface area contributed by atoms with Gasteiger partial charge in [-0.15, -0.1) is 0 Å². The first-order valence-electron chi connectivity index (χ1n) is 8.96. The Morgan fingerprint density at radius 1 is 1.30 bits per heavy atom. The summed E-state index contributed by atoms with van der Waals surface area (Å²) in [5.41, 5.74) is 3.76. The number of nitrogens with zero attached hydrogens (tertiary/aromatic N) is 3. The molecule has 144 valence electrons. The second kappa shape index (κ2) is 7.02. The van der Waals surface area contributed by atoms with E-state index in [0.29, 0.717) is 18.7 Å². The van der Waals surface area contributed by atoms with E-state index in [1.165, 1.54) is 0 Å². The normalized spacial score (nSPS) is 23.4. The topological polar surface area (TPSA) is 121 Å². The number of carbonyl (C=O) groups is 1. The van der Waals surface area contributed by atoms with E-state index in [2.05, 4.69) is 35.7 Å². The molecule has 0 aromatic carbocycles. The van der Waals surface area contributed by atoms with Crippen molar-refractivity contribution in [1.29, 1.82) is 0 Å². The van der Waals surface area contributed by atoms with E-state index in [0.717, 1.165) is 35.3 Å². The van der Waals surface area contributed by atoms with Gasteiger partial charge in [0.25, 0.3) is 10.2 Å². The van der Waals surface area contributed by atoms with Crippen LogP contribution in [0.5, 0.6) is 0 Å². The van der Waals surface area contributed by atoms with Gasteiger partial charge in [0, 0.05) is 30.6 Å². The number of aromatic amines is 1. The zero-order valence-electron chi connectivity index (χ0n) is 14.9. The molecule has 0 spiro atoms. The van der Waals surface area contributed by atoms with Gasteiger partial charge in [-0.25, -0.2) is 14.7 Å². The van der Waals surface area contributed by atoms with E-state index in [4.69, 9.17) is 0 Å². The Balaban J connectivity index is 1.53. The van der Waals surface area contributed by atoms with Gasteiger partial charge < -0.3 is 9.78 Å². The molecule has 0 bridgehead atoms. The van der Waals surface area contributed by atoms with E-state index < -0.39 is 10.2 Å². The molecule has 1 aliphatic carbocycles. The van der Waals surface area contributed by atoms with Gasteiger partial charge in [0.1, 0.15) is 6.29 Å². The highest BCUT2D eigenvalue weighted by atomic mass is 32.2. The Kier molecular flexibility index (Phi) is 4.70. The Bertz CT molecular complexity index is 1070. The van der Waals surface area contributed by atoms with Gasteiger partial charge >= 0.3 is 0 Å². The fourth-order valence-electron chi connectivity index (χ4n) is 4.13. The monoisotopic (exact) mass is 390 g/mol. The summed E-state index contributed by atoms with van der Waals surface area (Å²) < 4.78 is 30.5. The number of H-pyrrole nitrogens is 1. The summed E-state index contributed by atoms with van der Waals surface area (Å²) in [6.45, 7) is 2.33. The number of hydrogen-bond donors (Lipinski definition) is 3. The molecule has 3 atom stereocenters. The zero-order chi connectivity index (χ0) is 19.0. The lowest BCUT2D eigenvalue weighted by Gasteiger charge is -2.15. The van der Waals surface area contributed by atoms with Crippen molar-refractivity contribution in [3.63, 3.8) is 0 Å². The first-order valence-corrected chi connectivity index (χ1v) is 10.4. The first-order chi connectivity index (χ1) is 13.0. The van der Waals surface area contributed by atoms with Crippen LogP contribution in [0.15, 0.2) is 24.7 Å². The Morgan fingerprint density at radius 2 is 2.15 bits per heavy atom. The second-order valence-electron chi connectivity index (χ2n) is 7.13. The van der Waals surface area contributed by atoms with Crippen LogP contribution in [0.3, 0.4) is 0 Å². The third-order valence-electron chi connectivity index (χ3n) is 5.35. The van der Waals surface area contributed by atoms with E-state index in [1.54, 1.807) is 6.20 Å². The minimum Gasteiger partial charge on any atom is -0.345 e. The van der Waals surface area contributed by atoms with Crippen molar-refractivity contribution < 1.29 is 13.2 Å². The molecule has 0 aliphatic heterocycles. The van der Waals surface area contributed by atoms with E-state index in [9.17, 15) is 13.2 Å². The summed E-state index contributed by atoms with van der Waals surface area (Å²) in [4.78, 5) is 22.3. The summed E-state index contributed by atoms with van der Waals surface area (Å²) in [7, 11) is -3.64. The van der Waals surface area contributed by atoms with E-state index in [-0.39, 0.29) is 18.4 Å². The second-order valence-corrected chi connectivity index (χ2v) is 8.72. The maximum absolute atomic E-state index is 11.8. The van der Waals surface area contributed by atoms with Crippen molar-refractivity contribution in [2.24, 2.45) is 11.8 Å². The Hall–Kier alpha value is -2.30. The maximum atomic E-state index is 11.8. The molecule has 0 radical (unpaired) electrons. The van der Waals surface area contributed by atoms with Gasteiger partial charge in [-0.3, -0.25) is 4.40 Å². The van der Waals surface area contributed by atoms with Gasteiger partial charge in [0.2, 0.25) is 0 Å². The van der Waals surface area contributed by atoms with Gasteiger partial charge in [0.15, 0.2) is 11.3 Å². The molecule has 1 saturated carbocycles. The molecule has 3 unspecified atom stereocenters. The molecule has 0 saturated heterocycles. The van der Waals surface area contributed by atoms with Crippen molar-refractivity contribution in [3.8, 4) is 0 Å². The summed E-state index contributed by atoms with van der Waals surface area (Å²) in [6.07, 6.45) is 7.85. The predicted molar refractivity (Wildman–Crippen MR) is 100 cm³/mol. The molecule has 27 heavy (non-hydrogen) atoms. The van der Waals surface area contributed by atoms with Crippen LogP contribution in [0.1, 0.15) is 31.4 Å². The molecular formula is C17H22N6O3S. The molecule has 1 fully saturated rings. The molecule has 0 amide bonds. The number of rotatable bonds is 7. The number of aldehydes is 1. The van der Waals surface area contributed by atoms with Gasteiger partial charge in [-0.05, 0) is 30.7 Å². The lowest BCUT2D eigenvalue weighted by Crippen LogP contribution is -2.39. The molecule has 3 aromatic heterocycles. The summed E-state index contributed by atoms with van der Waals surface area (Å²) in [5.74, 6) is 0.925. The van der Waals surface area contributed by atoms with Crippen LogP contribution in [0.2, 0.25) is 0 Å². The van der Waals surface area contributed by atoms with Crippen LogP contribution in [0, 0.1) is 11.8 Å². The van der Waals surface area contributed by atoms with Crippen molar-refractivity contribution in [1.82, 2.24) is 28.8 Å². The van der Waals surface area contributed by atoms with Crippen LogP contribution in [-0.4, -0.2) is 47.1 Å². The molecule has 9 nitrogen and oxygen atoms in total. The summed E-state index contributed by atoms with van der Waals surface area (Å²) >= 11 is 0. The number of fused-ring (bicyclic) bond motifs is 3. The highest BCUT2D eigenvalue weighted by Crippen LogP contribution is 2.43. The van der Waals surface area contributed by atoms with Gasteiger partial charge in [-0.2, -0.15) is 13.1 Å². The van der Waals surface area contributed by atoms with Crippen LogP contribution in [-0.2, 0) is 15.0 Å². The van der Waals surface area contributed by atoms with Crippen LogP contribution < -0.4 is 9.44 Å². The highest BCUT2D eigenvalue weighted by molar-refractivity contribution is 7.87. The standard InChI is InChI=1S/C17H22N6O3S/c1-11-6-12(8-22-27(25,26)21-4-5-24)7-13(11)15-9-19-16-10-20-17-14(23(15)16)2-3-18-17/h2-3,5,9-13,18,21-22H,4,6-8H2,1H3. The van der Waals surface area contributed by atoms with Crippen molar-refractivity contribution >= 4 is 33.3 Å². The molecule has 3 N–H and O–H groups in total. The number of nitrogens with one attached hydrogen (secondary N) is 3. The third kappa shape index (κ3) is 3.47. The summed E-state index contributed by atoms with van der Waals surface area (Å²) in [5, 5.41) is 0. The van der Waals surface area contributed by atoms with Gasteiger partial charge in [-0.1, -0.05) is 6.92 Å². The molecule has 1 aliphatic rings. The third-order valence-corrected chi connectivity index (χ3v) is 6.44. The fourth-order valence-corrected chi connectivity index (χ4v) is 4.98. The van der Waals surface area contributed by atoms with Crippen molar-refractivity contribution in [2.45, 2.75) is 25.7 Å². The van der Waals surface area contributed by atoms with Crippen LogP contribution in [0.25, 0.3) is 16.8 Å². The summed E-state index contributed by atoms with van der Waals surface area (Å²) in [6, 6.07) is 1.99. The lowest BCUT2D eigenvalue weighted by atomic mass is 9.95.